The normalized spacial score (nSPS) is 11.2. The third-order valence-corrected chi connectivity index (χ3v) is 1.37. The molecule has 5 nitrogen and oxygen atoms in total. The van der Waals surface area contributed by atoms with Gasteiger partial charge in [0.05, 0.1) is 0 Å². The summed E-state index contributed by atoms with van der Waals surface area (Å²) in [5.41, 5.74) is 5.18. The van der Waals surface area contributed by atoms with Crippen LogP contribution in [0.5, 0.6) is 0 Å². The fourth-order valence-corrected chi connectivity index (χ4v) is 0.696. The summed E-state index contributed by atoms with van der Waals surface area (Å²) in [5.74, 6) is -1.23. The molecule has 0 fully saturated rings. The van der Waals surface area contributed by atoms with Gasteiger partial charge in [0.1, 0.15) is 6.04 Å². The van der Waals surface area contributed by atoms with Gasteiger partial charge in [-0.05, 0) is 13.3 Å². The van der Waals surface area contributed by atoms with Crippen LogP contribution in [0, 0.1) is 0 Å². The zero-order valence-electron chi connectivity index (χ0n) is 7.45. The Balaban J connectivity index is 0. The van der Waals surface area contributed by atoms with E-state index in [0.29, 0.717) is 6.54 Å². The van der Waals surface area contributed by atoms with E-state index in [9.17, 15) is 9.59 Å². The molecule has 0 aromatic heterocycles. The van der Waals surface area contributed by atoms with Crippen LogP contribution in [0.1, 0.15) is 19.8 Å². The van der Waals surface area contributed by atoms with E-state index in [1.807, 2.05) is 0 Å². The van der Waals surface area contributed by atoms with Gasteiger partial charge in [-0.3, -0.25) is 9.59 Å². The molecule has 78 valence electrons. The molecule has 0 spiro atoms. The first-order chi connectivity index (χ1) is 5.57. The van der Waals surface area contributed by atoms with E-state index in [2.05, 4.69) is 5.32 Å². The van der Waals surface area contributed by atoms with E-state index in [-0.39, 0.29) is 31.2 Å². The molecule has 0 rings (SSSR count). The third kappa shape index (κ3) is 7.55. The molecule has 0 aliphatic rings. The van der Waals surface area contributed by atoms with Gasteiger partial charge in [0.15, 0.2) is 0 Å². The number of rotatable bonds is 5. The van der Waals surface area contributed by atoms with Crippen molar-refractivity contribution in [1.29, 1.82) is 0 Å². The lowest BCUT2D eigenvalue weighted by Crippen LogP contribution is -2.32. The number of carbonyl (C=O) groups is 2. The van der Waals surface area contributed by atoms with Crippen molar-refractivity contribution in [3.05, 3.63) is 0 Å². The minimum absolute atomic E-state index is 0. The molecule has 13 heavy (non-hydrogen) atoms. The first-order valence-electron chi connectivity index (χ1n) is 3.83. The molecular weight excluding hydrogens is 196 g/mol. The van der Waals surface area contributed by atoms with Crippen molar-refractivity contribution in [2.45, 2.75) is 25.8 Å². The standard InChI is InChI=1S/C7H14N2O3.ClH/c1-2-9-6(10)4-3-5(8)7(11)12;/h5H,2-4,8H2,1H3,(H,9,10)(H,11,12);1H/t5-;/m0./s1. The van der Waals surface area contributed by atoms with E-state index in [1.54, 1.807) is 6.92 Å². The minimum Gasteiger partial charge on any atom is -0.480 e. The molecule has 0 aliphatic carbocycles. The Labute approximate surface area is 83.1 Å². The molecule has 6 heteroatoms. The molecule has 1 amide bonds. The Morgan fingerprint density at radius 2 is 2.08 bits per heavy atom. The lowest BCUT2D eigenvalue weighted by atomic mass is 10.1. The van der Waals surface area contributed by atoms with Gasteiger partial charge < -0.3 is 16.2 Å². The van der Waals surface area contributed by atoms with Crippen molar-refractivity contribution >= 4 is 24.3 Å². The smallest absolute Gasteiger partial charge is 0.320 e. The van der Waals surface area contributed by atoms with E-state index in [4.69, 9.17) is 10.8 Å². The molecular formula is C7H15ClN2O3. The van der Waals surface area contributed by atoms with Crippen molar-refractivity contribution in [2.24, 2.45) is 5.73 Å². The van der Waals surface area contributed by atoms with Crippen LogP contribution in [0.2, 0.25) is 0 Å². The number of hydrogen-bond donors (Lipinski definition) is 3. The van der Waals surface area contributed by atoms with Gasteiger partial charge in [-0.1, -0.05) is 0 Å². The molecule has 0 saturated carbocycles. The molecule has 0 radical (unpaired) electrons. The van der Waals surface area contributed by atoms with Gasteiger partial charge in [-0.15, -0.1) is 12.4 Å². The number of hydrogen-bond acceptors (Lipinski definition) is 3. The quantitative estimate of drug-likeness (QED) is 0.583. The van der Waals surface area contributed by atoms with Crippen molar-refractivity contribution in [2.75, 3.05) is 6.54 Å². The monoisotopic (exact) mass is 210 g/mol. The van der Waals surface area contributed by atoms with Crippen molar-refractivity contribution in [3.63, 3.8) is 0 Å². The average molecular weight is 211 g/mol. The van der Waals surface area contributed by atoms with E-state index < -0.39 is 12.0 Å². The van der Waals surface area contributed by atoms with Gasteiger partial charge in [0.2, 0.25) is 5.91 Å². The SMILES string of the molecule is CCNC(=O)CC[C@H](N)C(=O)O.Cl. The van der Waals surface area contributed by atoms with Crippen LogP contribution in [-0.4, -0.2) is 29.6 Å². The van der Waals surface area contributed by atoms with Crippen LogP contribution in [0.4, 0.5) is 0 Å². The predicted octanol–water partition coefficient (Wildman–Crippen LogP) is -0.264. The van der Waals surface area contributed by atoms with Crippen LogP contribution < -0.4 is 11.1 Å². The highest BCUT2D eigenvalue weighted by atomic mass is 35.5. The fourth-order valence-electron chi connectivity index (χ4n) is 0.696. The Morgan fingerprint density at radius 3 is 2.46 bits per heavy atom. The fraction of sp³-hybridized carbons (Fsp3) is 0.714. The van der Waals surface area contributed by atoms with Gasteiger partial charge in [-0.2, -0.15) is 0 Å². The van der Waals surface area contributed by atoms with Crippen LogP contribution in [0.25, 0.3) is 0 Å². The largest absolute Gasteiger partial charge is 0.480 e. The lowest BCUT2D eigenvalue weighted by molar-refractivity contribution is -0.138. The molecule has 0 heterocycles. The maximum atomic E-state index is 10.8. The second-order valence-corrected chi connectivity index (χ2v) is 2.44. The Morgan fingerprint density at radius 1 is 1.54 bits per heavy atom. The van der Waals surface area contributed by atoms with Crippen LogP contribution in [-0.2, 0) is 9.59 Å². The highest BCUT2D eigenvalue weighted by Crippen LogP contribution is 1.93. The number of carboxylic acids is 1. The van der Waals surface area contributed by atoms with Gasteiger partial charge in [-0.25, -0.2) is 0 Å². The summed E-state index contributed by atoms with van der Waals surface area (Å²) in [4.78, 5) is 21.0. The Kier molecular flexibility index (Phi) is 8.84. The van der Waals surface area contributed by atoms with Crippen molar-refractivity contribution < 1.29 is 14.7 Å². The number of halogens is 1. The molecule has 0 aromatic carbocycles. The lowest BCUT2D eigenvalue weighted by Gasteiger charge is -2.05. The second-order valence-electron chi connectivity index (χ2n) is 2.44. The van der Waals surface area contributed by atoms with Gasteiger partial charge >= 0.3 is 5.97 Å². The highest BCUT2D eigenvalue weighted by molar-refractivity contribution is 5.85. The number of amides is 1. The summed E-state index contributed by atoms with van der Waals surface area (Å²) in [6, 6.07) is -0.937. The summed E-state index contributed by atoms with van der Waals surface area (Å²) in [5, 5.41) is 10.9. The van der Waals surface area contributed by atoms with Crippen molar-refractivity contribution in [1.82, 2.24) is 5.32 Å². The molecule has 0 saturated heterocycles. The summed E-state index contributed by atoms with van der Waals surface area (Å²) in [6.07, 6.45) is 0.350. The van der Waals surface area contributed by atoms with Crippen molar-refractivity contribution in [3.8, 4) is 0 Å². The predicted molar refractivity (Wildman–Crippen MR) is 50.8 cm³/mol. The number of nitrogens with one attached hydrogen (secondary N) is 1. The second kappa shape index (κ2) is 7.82. The summed E-state index contributed by atoms with van der Waals surface area (Å²) >= 11 is 0. The molecule has 0 bridgehead atoms. The van der Waals surface area contributed by atoms with Gasteiger partial charge in [0.25, 0.3) is 0 Å². The van der Waals surface area contributed by atoms with E-state index in [1.165, 1.54) is 0 Å². The molecule has 0 aliphatic heterocycles. The molecule has 4 N–H and O–H groups in total. The zero-order chi connectivity index (χ0) is 9.56. The highest BCUT2D eigenvalue weighted by Gasteiger charge is 2.12. The first-order valence-corrected chi connectivity index (χ1v) is 3.83. The number of carboxylic acid groups (broad SMARTS) is 1. The Hall–Kier alpha value is -0.810. The Bertz CT molecular complexity index is 175. The van der Waals surface area contributed by atoms with Gasteiger partial charge in [0, 0.05) is 13.0 Å². The zero-order valence-corrected chi connectivity index (χ0v) is 8.26. The maximum absolute atomic E-state index is 10.8. The summed E-state index contributed by atoms with van der Waals surface area (Å²) in [6.45, 7) is 2.36. The number of nitrogens with two attached hydrogens (primary N) is 1. The maximum Gasteiger partial charge on any atom is 0.320 e. The molecule has 1 atom stereocenters. The van der Waals surface area contributed by atoms with E-state index in [0.717, 1.165) is 0 Å². The van der Waals surface area contributed by atoms with Crippen LogP contribution in [0.15, 0.2) is 0 Å². The third-order valence-electron chi connectivity index (χ3n) is 1.37. The van der Waals surface area contributed by atoms with E-state index >= 15 is 0 Å². The number of carbonyl (C=O) groups excluding carboxylic acids is 1. The van der Waals surface area contributed by atoms with Crippen LogP contribution >= 0.6 is 12.4 Å². The molecule has 0 unspecified atom stereocenters. The topological polar surface area (TPSA) is 92.4 Å². The average Bonchev–Trinajstić information content (AvgIpc) is 2.00. The summed E-state index contributed by atoms with van der Waals surface area (Å²) < 4.78 is 0. The first kappa shape index (κ1) is 14.7. The number of aliphatic carboxylic acids is 1. The minimum atomic E-state index is -1.07. The van der Waals surface area contributed by atoms with Crippen LogP contribution in [0.3, 0.4) is 0 Å². The molecule has 0 aromatic rings. The summed E-state index contributed by atoms with van der Waals surface area (Å²) in [7, 11) is 0.